The molecule has 0 spiro atoms. The van der Waals surface area contributed by atoms with Gasteiger partial charge in [0.15, 0.2) is 0 Å². The van der Waals surface area contributed by atoms with Crippen LogP contribution in [0.5, 0.6) is 5.75 Å². The predicted molar refractivity (Wildman–Crippen MR) is 122 cm³/mol. The van der Waals surface area contributed by atoms with E-state index in [-0.39, 0.29) is 29.7 Å². The van der Waals surface area contributed by atoms with Crippen LogP contribution in [0.4, 0.5) is 23.1 Å². The molecule has 0 aliphatic carbocycles. The molecule has 0 fully saturated rings. The molecule has 9 nitrogen and oxygen atoms in total. The number of rotatable bonds is 6. The first-order chi connectivity index (χ1) is 15.5. The van der Waals surface area contributed by atoms with Crippen LogP contribution in [-0.4, -0.2) is 28.9 Å². The molecule has 0 saturated carbocycles. The number of H-pyrrole nitrogens is 1. The Balaban J connectivity index is 1.66. The second-order valence-corrected chi connectivity index (χ2v) is 7.31. The first kappa shape index (κ1) is 21.1. The fraction of sp³-hybridized carbons (Fsp3) is 0.217. The third-order valence-corrected chi connectivity index (χ3v) is 5.28. The molecule has 0 bridgehead atoms. The predicted octanol–water partition coefficient (Wildman–Crippen LogP) is 3.15. The number of nitrogens with one attached hydrogen (secondary N) is 4. The normalized spacial score (nSPS) is 14.8. The molecule has 4 N–H and O–H groups in total. The van der Waals surface area contributed by atoms with E-state index in [1.807, 2.05) is 31.2 Å². The number of carbonyl (C=O) groups is 2. The Morgan fingerprint density at radius 2 is 1.84 bits per heavy atom. The standard InChI is InChI=1S/C23H23N5O4/c1-3-13-8-4-5-9-15(13)24-21(30)14-12-18(29)26-20-19(14)22(31)28-23(27-20)25-16-10-6-7-11-17(16)32-2/h4-11,14H,3,12H2,1-2H3,(H,24,30)(H3,25,26,27,28,29,31). The number of benzene rings is 2. The maximum atomic E-state index is 13.1. The number of amides is 2. The number of para-hydroxylation sites is 3. The number of carbonyl (C=O) groups excluding carboxylic acids is 2. The summed E-state index contributed by atoms with van der Waals surface area (Å²) in [5.41, 5.74) is 1.83. The quantitative estimate of drug-likeness (QED) is 0.473. The van der Waals surface area contributed by atoms with Crippen LogP contribution in [0.25, 0.3) is 0 Å². The van der Waals surface area contributed by atoms with Crippen molar-refractivity contribution in [3.63, 3.8) is 0 Å². The molecular weight excluding hydrogens is 410 g/mol. The lowest BCUT2D eigenvalue weighted by molar-refractivity contribution is -0.123. The first-order valence-electron chi connectivity index (χ1n) is 10.2. The van der Waals surface area contributed by atoms with Crippen molar-refractivity contribution >= 4 is 35.0 Å². The van der Waals surface area contributed by atoms with E-state index in [0.29, 0.717) is 17.1 Å². The summed E-state index contributed by atoms with van der Waals surface area (Å²) in [5, 5.41) is 8.45. The highest BCUT2D eigenvalue weighted by Crippen LogP contribution is 2.31. The van der Waals surface area contributed by atoms with Gasteiger partial charge in [-0.15, -0.1) is 0 Å². The fourth-order valence-electron chi connectivity index (χ4n) is 3.70. The van der Waals surface area contributed by atoms with Crippen molar-refractivity contribution in [2.45, 2.75) is 25.7 Å². The largest absolute Gasteiger partial charge is 0.495 e. The number of hydrogen-bond donors (Lipinski definition) is 4. The van der Waals surface area contributed by atoms with Crippen molar-refractivity contribution in [3.8, 4) is 5.75 Å². The SMILES string of the molecule is CCc1ccccc1NC(=O)C1CC(=O)Nc2nc(Nc3ccccc3OC)[nH]c(=O)c21. The van der Waals surface area contributed by atoms with Gasteiger partial charge in [-0.3, -0.25) is 19.4 Å². The molecule has 164 valence electrons. The Morgan fingerprint density at radius 1 is 1.12 bits per heavy atom. The number of methoxy groups -OCH3 is 1. The number of fused-ring (bicyclic) bond motifs is 1. The molecule has 9 heteroatoms. The fourth-order valence-corrected chi connectivity index (χ4v) is 3.70. The monoisotopic (exact) mass is 433 g/mol. The van der Waals surface area contributed by atoms with E-state index in [0.717, 1.165) is 12.0 Å². The molecule has 0 radical (unpaired) electrons. The second-order valence-electron chi connectivity index (χ2n) is 7.31. The Bertz CT molecular complexity index is 1240. The highest BCUT2D eigenvalue weighted by molar-refractivity contribution is 6.04. The van der Waals surface area contributed by atoms with E-state index < -0.39 is 17.4 Å². The van der Waals surface area contributed by atoms with Gasteiger partial charge in [-0.05, 0) is 30.2 Å². The summed E-state index contributed by atoms with van der Waals surface area (Å²) in [5.74, 6) is -1.03. The Labute approximate surface area is 184 Å². The van der Waals surface area contributed by atoms with E-state index in [1.54, 1.807) is 24.3 Å². The van der Waals surface area contributed by atoms with Crippen molar-refractivity contribution in [2.75, 3.05) is 23.1 Å². The molecule has 0 saturated heterocycles. The molecule has 32 heavy (non-hydrogen) atoms. The van der Waals surface area contributed by atoms with Crippen molar-refractivity contribution in [1.29, 1.82) is 0 Å². The van der Waals surface area contributed by atoms with Gasteiger partial charge in [0.05, 0.1) is 24.3 Å². The number of aryl methyl sites for hydroxylation is 1. The minimum atomic E-state index is -0.958. The highest BCUT2D eigenvalue weighted by Gasteiger charge is 2.35. The first-order valence-corrected chi connectivity index (χ1v) is 10.2. The van der Waals surface area contributed by atoms with Crippen molar-refractivity contribution in [1.82, 2.24) is 9.97 Å². The summed E-state index contributed by atoms with van der Waals surface area (Å²) in [6.45, 7) is 1.99. The maximum absolute atomic E-state index is 13.1. The molecule has 4 rings (SSSR count). The highest BCUT2D eigenvalue weighted by atomic mass is 16.5. The Morgan fingerprint density at radius 3 is 2.59 bits per heavy atom. The topological polar surface area (TPSA) is 125 Å². The van der Waals surface area contributed by atoms with Gasteiger partial charge in [0, 0.05) is 12.1 Å². The van der Waals surface area contributed by atoms with Crippen LogP contribution in [-0.2, 0) is 16.0 Å². The molecule has 2 aromatic carbocycles. The zero-order valence-electron chi connectivity index (χ0n) is 17.7. The summed E-state index contributed by atoms with van der Waals surface area (Å²) < 4.78 is 5.30. The number of ether oxygens (including phenoxy) is 1. The van der Waals surface area contributed by atoms with Crippen LogP contribution in [0.15, 0.2) is 53.3 Å². The lowest BCUT2D eigenvalue weighted by Gasteiger charge is -2.24. The summed E-state index contributed by atoms with van der Waals surface area (Å²) in [6, 6.07) is 14.6. The molecule has 1 aromatic heterocycles. The summed E-state index contributed by atoms with van der Waals surface area (Å²) >= 11 is 0. The van der Waals surface area contributed by atoms with E-state index in [9.17, 15) is 14.4 Å². The number of aromatic amines is 1. The molecule has 3 aromatic rings. The minimum absolute atomic E-state index is 0.0614. The molecule has 2 heterocycles. The zero-order chi connectivity index (χ0) is 22.7. The van der Waals surface area contributed by atoms with Crippen LogP contribution in [0.1, 0.15) is 30.4 Å². The summed E-state index contributed by atoms with van der Waals surface area (Å²) in [4.78, 5) is 45.3. The molecule has 1 atom stereocenters. The van der Waals surface area contributed by atoms with E-state index in [2.05, 4.69) is 25.9 Å². The van der Waals surface area contributed by atoms with Gasteiger partial charge in [-0.25, -0.2) is 0 Å². The smallest absolute Gasteiger partial charge is 0.258 e. The zero-order valence-corrected chi connectivity index (χ0v) is 17.7. The van der Waals surface area contributed by atoms with Crippen LogP contribution in [0.3, 0.4) is 0 Å². The van der Waals surface area contributed by atoms with Gasteiger partial charge >= 0.3 is 0 Å². The Kier molecular flexibility index (Phi) is 5.89. The number of anilines is 4. The lowest BCUT2D eigenvalue weighted by Crippen LogP contribution is -2.36. The van der Waals surface area contributed by atoms with Gasteiger partial charge in [0.2, 0.25) is 17.8 Å². The number of nitrogens with zero attached hydrogens (tertiary/aromatic N) is 1. The van der Waals surface area contributed by atoms with Gasteiger partial charge in [-0.2, -0.15) is 4.98 Å². The third-order valence-electron chi connectivity index (χ3n) is 5.28. The van der Waals surface area contributed by atoms with Crippen LogP contribution < -0.4 is 26.2 Å². The van der Waals surface area contributed by atoms with Crippen LogP contribution in [0.2, 0.25) is 0 Å². The van der Waals surface area contributed by atoms with Crippen LogP contribution in [0, 0.1) is 0 Å². The molecular formula is C23H23N5O4. The van der Waals surface area contributed by atoms with Crippen molar-refractivity contribution in [3.05, 3.63) is 70.0 Å². The average molecular weight is 433 g/mol. The molecule has 2 amide bonds. The van der Waals surface area contributed by atoms with Gasteiger partial charge in [0.1, 0.15) is 11.6 Å². The number of aromatic nitrogens is 2. The average Bonchev–Trinajstić information content (AvgIpc) is 2.79. The Hall–Kier alpha value is -4.14. The molecule has 1 aliphatic heterocycles. The van der Waals surface area contributed by atoms with Gasteiger partial charge < -0.3 is 20.7 Å². The summed E-state index contributed by atoms with van der Waals surface area (Å²) in [7, 11) is 1.53. The van der Waals surface area contributed by atoms with Gasteiger partial charge in [0.25, 0.3) is 5.56 Å². The van der Waals surface area contributed by atoms with Gasteiger partial charge in [-0.1, -0.05) is 37.3 Å². The molecule has 1 aliphatic rings. The maximum Gasteiger partial charge on any atom is 0.258 e. The van der Waals surface area contributed by atoms with E-state index in [4.69, 9.17) is 4.74 Å². The van der Waals surface area contributed by atoms with E-state index in [1.165, 1.54) is 7.11 Å². The lowest BCUT2D eigenvalue weighted by atomic mass is 9.92. The van der Waals surface area contributed by atoms with Crippen LogP contribution >= 0.6 is 0 Å². The second kappa shape index (κ2) is 8.93. The number of hydrogen-bond acceptors (Lipinski definition) is 6. The summed E-state index contributed by atoms with van der Waals surface area (Å²) in [6.07, 6.45) is 0.593. The third kappa shape index (κ3) is 4.18. The van der Waals surface area contributed by atoms with E-state index >= 15 is 0 Å². The molecule has 1 unspecified atom stereocenters. The van der Waals surface area contributed by atoms with Crippen molar-refractivity contribution < 1.29 is 14.3 Å². The van der Waals surface area contributed by atoms with Crippen molar-refractivity contribution in [2.24, 2.45) is 0 Å². The minimum Gasteiger partial charge on any atom is -0.495 e.